The number of nitrogens with zero attached hydrogens (tertiary/aromatic N) is 3. The van der Waals surface area contributed by atoms with Crippen molar-refractivity contribution in [3.05, 3.63) is 40.3 Å². The number of rotatable bonds is 5. The third-order valence-electron chi connectivity index (χ3n) is 4.69. The molecule has 24 heavy (non-hydrogen) atoms. The maximum Gasteiger partial charge on any atom is 0.251 e. The summed E-state index contributed by atoms with van der Waals surface area (Å²) in [5.74, 6) is 0. The van der Waals surface area contributed by atoms with E-state index in [1.54, 1.807) is 23.8 Å². The second-order valence-corrected chi connectivity index (χ2v) is 6.24. The average Bonchev–Trinajstić information content (AvgIpc) is 2.63. The molecule has 0 aliphatic heterocycles. The second-order valence-electron chi connectivity index (χ2n) is 6.24. The molecular formula is C18H22N4O2. The molecule has 6 heteroatoms. The second kappa shape index (κ2) is 7.56. The van der Waals surface area contributed by atoms with Gasteiger partial charge < -0.3 is 14.6 Å². The molecule has 1 fully saturated rings. The van der Waals surface area contributed by atoms with Gasteiger partial charge in [0.15, 0.2) is 0 Å². The fourth-order valence-corrected chi connectivity index (χ4v) is 3.38. The van der Waals surface area contributed by atoms with Gasteiger partial charge in [0.2, 0.25) is 0 Å². The summed E-state index contributed by atoms with van der Waals surface area (Å²) in [5.41, 5.74) is 1.83. The number of aromatic nitrogens is 2. The van der Waals surface area contributed by atoms with Crippen molar-refractivity contribution in [2.24, 2.45) is 0 Å². The molecule has 0 bridgehead atoms. The minimum absolute atomic E-state index is 0.0698. The lowest BCUT2D eigenvalue weighted by Crippen LogP contribution is -2.39. The zero-order chi connectivity index (χ0) is 16.9. The van der Waals surface area contributed by atoms with Gasteiger partial charge in [0.1, 0.15) is 6.07 Å². The first-order valence-corrected chi connectivity index (χ1v) is 8.37. The zero-order valence-electron chi connectivity index (χ0n) is 13.9. The molecule has 2 unspecified atom stereocenters. The van der Waals surface area contributed by atoms with E-state index in [1.807, 2.05) is 0 Å². The number of methoxy groups -OCH3 is 1. The number of fused-ring (bicyclic) bond motifs is 1. The molecule has 0 amide bonds. The van der Waals surface area contributed by atoms with E-state index in [0.717, 1.165) is 24.8 Å². The topological polar surface area (TPSA) is 79.9 Å². The smallest absolute Gasteiger partial charge is 0.251 e. The predicted molar refractivity (Wildman–Crippen MR) is 91.8 cm³/mol. The lowest BCUT2D eigenvalue weighted by atomic mass is 9.93. The van der Waals surface area contributed by atoms with Crippen LogP contribution in [0.5, 0.6) is 0 Å². The molecule has 2 aromatic rings. The molecule has 2 aromatic heterocycles. The van der Waals surface area contributed by atoms with Crippen molar-refractivity contribution in [3.8, 4) is 6.07 Å². The van der Waals surface area contributed by atoms with E-state index < -0.39 is 0 Å². The van der Waals surface area contributed by atoms with Crippen molar-refractivity contribution in [2.45, 2.75) is 44.4 Å². The molecule has 0 radical (unpaired) electrons. The Morgan fingerprint density at radius 3 is 3.12 bits per heavy atom. The van der Waals surface area contributed by atoms with E-state index in [1.165, 1.54) is 18.7 Å². The Labute approximate surface area is 141 Å². The summed E-state index contributed by atoms with van der Waals surface area (Å²) < 4.78 is 7.14. The summed E-state index contributed by atoms with van der Waals surface area (Å²) in [6.45, 7) is 1.26. The highest BCUT2D eigenvalue weighted by Gasteiger charge is 2.21. The van der Waals surface area contributed by atoms with Crippen molar-refractivity contribution >= 4 is 11.0 Å². The first kappa shape index (κ1) is 16.6. The predicted octanol–water partition coefficient (Wildman–Crippen LogP) is 1.82. The van der Waals surface area contributed by atoms with Crippen molar-refractivity contribution in [3.63, 3.8) is 0 Å². The van der Waals surface area contributed by atoms with E-state index in [0.29, 0.717) is 36.3 Å². The quantitative estimate of drug-likeness (QED) is 0.906. The third-order valence-corrected chi connectivity index (χ3v) is 4.69. The van der Waals surface area contributed by atoms with Crippen molar-refractivity contribution in [1.82, 2.24) is 14.9 Å². The molecule has 0 spiro atoms. The summed E-state index contributed by atoms with van der Waals surface area (Å²) >= 11 is 0. The van der Waals surface area contributed by atoms with Gasteiger partial charge in [-0.2, -0.15) is 5.26 Å². The van der Waals surface area contributed by atoms with Gasteiger partial charge in [-0.1, -0.05) is 0 Å². The molecule has 2 atom stereocenters. The summed E-state index contributed by atoms with van der Waals surface area (Å²) in [5, 5.41) is 12.6. The first-order chi connectivity index (χ1) is 11.7. The molecule has 6 nitrogen and oxygen atoms in total. The molecule has 2 heterocycles. The number of hydrogen-bond acceptors (Lipinski definition) is 5. The third kappa shape index (κ3) is 3.64. The SMILES string of the molecule is COC1CCCC(NCCn2c(=O)ccc3ncc(C#N)cc32)C1. The van der Waals surface area contributed by atoms with Gasteiger partial charge >= 0.3 is 0 Å². The normalized spacial score (nSPS) is 20.8. The molecule has 1 saturated carbocycles. The Kier molecular flexibility index (Phi) is 5.24. The van der Waals surface area contributed by atoms with Crippen molar-refractivity contribution < 1.29 is 4.74 Å². The minimum Gasteiger partial charge on any atom is -0.381 e. The largest absolute Gasteiger partial charge is 0.381 e. The molecule has 3 rings (SSSR count). The first-order valence-electron chi connectivity index (χ1n) is 8.37. The van der Waals surface area contributed by atoms with E-state index in [2.05, 4.69) is 16.4 Å². The minimum atomic E-state index is -0.0698. The fraction of sp³-hybridized carbons (Fsp3) is 0.500. The number of hydrogen-bond donors (Lipinski definition) is 1. The molecule has 0 saturated heterocycles. The van der Waals surface area contributed by atoms with Crippen LogP contribution in [0.2, 0.25) is 0 Å². The lowest BCUT2D eigenvalue weighted by molar-refractivity contribution is 0.0588. The highest BCUT2D eigenvalue weighted by molar-refractivity contribution is 5.75. The maximum absolute atomic E-state index is 12.2. The highest BCUT2D eigenvalue weighted by atomic mass is 16.5. The van der Waals surface area contributed by atoms with Gasteiger partial charge in [-0.3, -0.25) is 9.78 Å². The number of nitriles is 1. The van der Waals surface area contributed by atoms with Crippen LogP contribution in [0, 0.1) is 11.3 Å². The van der Waals surface area contributed by atoms with Gasteiger partial charge in [0, 0.05) is 38.5 Å². The van der Waals surface area contributed by atoms with E-state index in [4.69, 9.17) is 10.00 Å². The average molecular weight is 326 g/mol. The van der Waals surface area contributed by atoms with E-state index in [-0.39, 0.29) is 5.56 Å². The summed E-state index contributed by atoms with van der Waals surface area (Å²) in [6, 6.07) is 7.47. The van der Waals surface area contributed by atoms with Gasteiger partial charge in [-0.15, -0.1) is 0 Å². The van der Waals surface area contributed by atoms with Gasteiger partial charge in [0.05, 0.1) is 22.7 Å². The van der Waals surface area contributed by atoms with E-state index in [9.17, 15) is 4.79 Å². The van der Waals surface area contributed by atoms with Crippen molar-refractivity contribution in [1.29, 1.82) is 5.26 Å². The van der Waals surface area contributed by atoms with Crippen LogP contribution in [0.3, 0.4) is 0 Å². The van der Waals surface area contributed by atoms with Crippen LogP contribution < -0.4 is 10.9 Å². The number of ether oxygens (including phenoxy) is 1. The van der Waals surface area contributed by atoms with Crippen molar-refractivity contribution in [2.75, 3.05) is 13.7 Å². The molecule has 0 aromatic carbocycles. The summed E-state index contributed by atoms with van der Waals surface area (Å²) in [6.07, 6.45) is 6.31. The van der Waals surface area contributed by atoms with Gasteiger partial charge in [0.25, 0.3) is 5.56 Å². The molecule has 1 N–H and O–H groups in total. The molecule has 1 aliphatic rings. The highest BCUT2D eigenvalue weighted by Crippen LogP contribution is 2.20. The summed E-state index contributed by atoms with van der Waals surface area (Å²) in [4.78, 5) is 16.5. The van der Waals surface area contributed by atoms with Gasteiger partial charge in [-0.05, 0) is 37.8 Å². The fourth-order valence-electron chi connectivity index (χ4n) is 3.38. The zero-order valence-corrected chi connectivity index (χ0v) is 13.9. The molecule has 126 valence electrons. The van der Waals surface area contributed by atoms with Crippen LogP contribution in [-0.2, 0) is 11.3 Å². The molecule has 1 aliphatic carbocycles. The number of pyridine rings is 2. The summed E-state index contributed by atoms with van der Waals surface area (Å²) in [7, 11) is 1.77. The maximum atomic E-state index is 12.2. The van der Waals surface area contributed by atoms with Gasteiger partial charge in [-0.25, -0.2) is 0 Å². The Morgan fingerprint density at radius 1 is 1.46 bits per heavy atom. The monoisotopic (exact) mass is 326 g/mol. The Morgan fingerprint density at radius 2 is 2.33 bits per heavy atom. The standard InChI is InChI=1S/C18H22N4O2/c1-24-15-4-2-3-14(10-15)20-7-8-22-17-9-13(11-19)12-21-16(17)5-6-18(22)23/h5-6,9,12,14-15,20H,2-4,7-8,10H2,1H3. The number of nitrogens with one attached hydrogen (secondary N) is 1. The van der Waals surface area contributed by atoms with Crippen LogP contribution >= 0.6 is 0 Å². The van der Waals surface area contributed by atoms with Crippen LogP contribution in [-0.4, -0.2) is 35.4 Å². The van der Waals surface area contributed by atoms with E-state index >= 15 is 0 Å². The van der Waals surface area contributed by atoms with Crippen LogP contribution in [0.4, 0.5) is 0 Å². The Hall–Kier alpha value is -2.23. The molecular weight excluding hydrogens is 304 g/mol. The van der Waals surface area contributed by atoms with Crippen LogP contribution in [0.15, 0.2) is 29.2 Å². The Bertz CT molecular complexity index is 809. The lowest BCUT2D eigenvalue weighted by Gasteiger charge is -2.29. The van der Waals surface area contributed by atoms with Crippen LogP contribution in [0.25, 0.3) is 11.0 Å². The van der Waals surface area contributed by atoms with Crippen LogP contribution in [0.1, 0.15) is 31.2 Å². The Balaban J connectivity index is 1.72.